The number of rotatable bonds is 12. The fourth-order valence-electron chi connectivity index (χ4n) is 3.54. The summed E-state index contributed by atoms with van der Waals surface area (Å²) in [5.74, 6) is -1.78. The van der Waals surface area contributed by atoms with Crippen LogP contribution in [0.3, 0.4) is 0 Å². The van der Waals surface area contributed by atoms with Gasteiger partial charge in [-0.2, -0.15) is 0 Å². The summed E-state index contributed by atoms with van der Waals surface area (Å²) in [4.78, 5) is 49.1. The lowest BCUT2D eigenvalue weighted by atomic mass is 10.0. The Hall–Kier alpha value is -4.04. The second-order valence-corrected chi connectivity index (χ2v) is 9.20. The summed E-state index contributed by atoms with van der Waals surface area (Å²) in [6, 6.07) is 16.3. The highest BCUT2D eigenvalue weighted by atomic mass is 16.6. The number of hydrogen-bond acceptors (Lipinski definition) is 8. The summed E-state index contributed by atoms with van der Waals surface area (Å²) in [6.45, 7) is 7.63. The van der Waals surface area contributed by atoms with Crippen molar-refractivity contribution in [3.63, 3.8) is 0 Å². The highest BCUT2D eigenvalue weighted by Gasteiger charge is 2.14. The molecule has 200 valence electrons. The third-order valence-electron chi connectivity index (χ3n) is 5.56. The predicted octanol–water partition coefficient (Wildman–Crippen LogP) is 5.27. The fourth-order valence-corrected chi connectivity index (χ4v) is 3.54. The van der Waals surface area contributed by atoms with E-state index in [1.165, 1.54) is 12.1 Å². The second kappa shape index (κ2) is 13.5. The lowest BCUT2D eigenvalue weighted by Crippen LogP contribution is -2.14. The number of ketones is 1. The van der Waals surface area contributed by atoms with Gasteiger partial charge in [-0.25, -0.2) is 14.4 Å². The summed E-state index contributed by atoms with van der Waals surface area (Å²) in [5, 5.41) is 1.52. The molecule has 3 rings (SSSR count). The third kappa shape index (κ3) is 7.98. The summed E-state index contributed by atoms with van der Waals surface area (Å²) >= 11 is 0. The Balaban J connectivity index is 1.51. The molecule has 0 radical (unpaired) electrons. The minimum Gasteiger partial charge on any atom is -0.460 e. The maximum absolute atomic E-state index is 12.5. The Morgan fingerprint density at radius 2 is 0.974 bits per heavy atom. The van der Waals surface area contributed by atoms with E-state index in [4.69, 9.17) is 18.9 Å². The molecule has 0 amide bonds. The molecular formula is C30H32O8. The SMILES string of the molecule is CC(C)OCCOC(=O)c1ccc2ccc(C(=O)OCCOC(=O)c3ccc(C(=O)C(C)C)cc3)cc2c1. The molecule has 3 aromatic carbocycles. The third-order valence-corrected chi connectivity index (χ3v) is 5.56. The average Bonchev–Trinajstić information content (AvgIpc) is 2.91. The van der Waals surface area contributed by atoms with Crippen LogP contribution in [-0.4, -0.2) is 56.2 Å². The first-order valence-corrected chi connectivity index (χ1v) is 12.5. The molecule has 8 nitrogen and oxygen atoms in total. The lowest BCUT2D eigenvalue weighted by molar-refractivity contribution is 0.0177. The molecule has 0 saturated heterocycles. The van der Waals surface area contributed by atoms with Gasteiger partial charge in [-0.1, -0.05) is 38.1 Å². The topological polar surface area (TPSA) is 105 Å². The Kier molecular flexibility index (Phi) is 10.1. The first-order chi connectivity index (χ1) is 18.2. The Morgan fingerprint density at radius 3 is 1.45 bits per heavy atom. The highest BCUT2D eigenvalue weighted by molar-refractivity contribution is 6.00. The van der Waals surface area contributed by atoms with Crippen LogP contribution in [0.15, 0.2) is 60.7 Å². The Labute approximate surface area is 221 Å². The lowest BCUT2D eigenvalue weighted by Gasteiger charge is -2.09. The minimum absolute atomic E-state index is 0.00567. The van der Waals surface area contributed by atoms with E-state index in [2.05, 4.69) is 0 Å². The van der Waals surface area contributed by atoms with Crippen molar-refractivity contribution >= 4 is 34.5 Å². The summed E-state index contributed by atoms with van der Waals surface area (Å²) in [7, 11) is 0. The van der Waals surface area contributed by atoms with Crippen LogP contribution in [0, 0.1) is 5.92 Å². The van der Waals surface area contributed by atoms with Crippen molar-refractivity contribution in [3.05, 3.63) is 82.9 Å². The van der Waals surface area contributed by atoms with Crippen LogP contribution in [0.5, 0.6) is 0 Å². The number of fused-ring (bicyclic) bond motifs is 1. The van der Waals surface area contributed by atoms with Crippen molar-refractivity contribution in [1.82, 2.24) is 0 Å². The van der Waals surface area contributed by atoms with Crippen molar-refractivity contribution < 1.29 is 38.1 Å². The summed E-state index contributed by atoms with van der Waals surface area (Å²) < 4.78 is 21.0. The van der Waals surface area contributed by atoms with Gasteiger partial charge < -0.3 is 18.9 Å². The van der Waals surface area contributed by atoms with Gasteiger partial charge in [-0.3, -0.25) is 4.79 Å². The van der Waals surface area contributed by atoms with Gasteiger partial charge in [0.15, 0.2) is 5.78 Å². The Morgan fingerprint density at radius 1 is 0.553 bits per heavy atom. The van der Waals surface area contributed by atoms with Crippen LogP contribution in [0.25, 0.3) is 10.8 Å². The van der Waals surface area contributed by atoms with Crippen LogP contribution in [0.4, 0.5) is 0 Å². The number of carbonyl (C=O) groups is 4. The molecule has 0 atom stereocenters. The Bertz CT molecular complexity index is 1290. The molecule has 8 heteroatoms. The zero-order valence-corrected chi connectivity index (χ0v) is 22.0. The van der Waals surface area contributed by atoms with Crippen LogP contribution >= 0.6 is 0 Å². The molecule has 0 spiro atoms. The zero-order valence-electron chi connectivity index (χ0n) is 22.0. The van der Waals surface area contributed by atoms with Crippen LogP contribution in [0.1, 0.15) is 69.1 Å². The van der Waals surface area contributed by atoms with Crippen LogP contribution in [0.2, 0.25) is 0 Å². The number of carbonyl (C=O) groups excluding carboxylic acids is 4. The van der Waals surface area contributed by atoms with Gasteiger partial charge in [0.25, 0.3) is 0 Å². The second-order valence-electron chi connectivity index (χ2n) is 9.20. The maximum Gasteiger partial charge on any atom is 0.338 e. The highest BCUT2D eigenvalue weighted by Crippen LogP contribution is 2.19. The van der Waals surface area contributed by atoms with Crippen LogP contribution < -0.4 is 0 Å². The molecule has 0 aliphatic heterocycles. The molecule has 0 aromatic heterocycles. The van der Waals surface area contributed by atoms with E-state index in [0.717, 1.165) is 5.39 Å². The number of benzene rings is 3. The molecular weight excluding hydrogens is 488 g/mol. The first-order valence-electron chi connectivity index (χ1n) is 12.5. The van der Waals surface area contributed by atoms with Gasteiger partial charge >= 0.3 is 17.9 Å². The van der Waals surface area contributed by atoms with E-state index in [0.29, 0.717) is 34.2 Å². The van der Waals surface area contributed by atoms with E-state index in [9.17, 15) is 19.2 Å². The van der Waals surface area contributed by atoms with Gasteiger partial charge in [0.2, 0.25) is 0 Å². The van der Waals surface area contributed by atoms with Crippen molar-refractivity contribution in [2.75, 3.05) is 26.4 Å². The van der Waals surface area contributed by atoms with Gasteiger partial charge in [0.1, 0.15) is 19.8 Å². The summed E-state index contributed by atoms with van der Waals surface area (Å²) in [5.41, 5.74) is 1.49. The first kappa shape index (κ1) is 28.5. The van der Waals surface area contributed by atoms with Crippen molar-refractivity contribution in [2.45, 2.75) is 33.8 Å². The molecule has 3 aromatic rings. The van der Waals surface area contributed by atoms with E-state index >= 15 is 0 Å². The number of Topliss-reactive ketones (excluding diaryl/α,β-unsaturated/α-hetero) is 1. The molecule has 0 aliphatic carbocycles. The zero-order chi connectivity index (χ0) is 27.7. The normalized spacial score (nSPS) is 11.0. The molecule has 0 unspecified atom stereocenters. The maximum atomic E-state index is 12.5. The van der Waals surface area contributed by atoms with Gasteiger partial charge in [-0.05, 0) is 61.0 Å². The molecule has 0 N–H and O–H groups in total. The monoisotopic (exact) mass is 520 g/mol. The van der Waals surface area contributed by atoms with Crippen molar-refractivity contribution in [2.24, 2.45) is 5.92 Å². The van der Waals surface area contributed by atoms with Crippen molar-refractivity contribution in [3.8, 4) is 0 Å². The molecule has 0 heterocycles. The predicted molar refractivity (Wildman–Crippen MR) is 141 cm³/mol. The standard InChI is InChI=1S/C30H32O8/c1-19(2)27(31)22-7-9-23(10-8-22)28(32)36-15-16-38-30(34)25-12-6-21-5-11-24(17-26(21)18-25)29(33)37-14-13-35-20(3)4/h5-12,17-20H,13-16H2,1-4H3. The number of ether oxygens (including phenoxy) is 4. The van der Waals surface area contributed by atoms with Gasteiger partial charge in [0, 0.05) is 11.5 Å². The largest absolute Gasteiger partial charge is 0.460 e. The smallest absolute Gasteiger partial charge is 0.338 e. The molecule has 0 fully saturated rings. The van der Waals surface area contributed by atoms with Crippen LogP contribution in [-0.2, 0) is 18.9 Å². The average molecular weight is 521 g/mol. The van der Waals surface area contributed by atoms with Crippen molar-refractivity contribution in [1.29, 1.82) is 0 Å². The summed E-state index contributed by atoms with van der Waals surface area (Å²) in [6.07, 6.45) is 0.0551. The van der Waals surface area contributed by atoms with E-state index in [1.54, 1.807) is 48.5 Å². The molecule has 0 saturated carbocycles. The fraction of sp³-hybridized carbons (Fsp3) is 0.333. The minimum atomic E-state index is -0.585. The molecule has 0 bridgehead atoms. The molecule has 0 aliphatic rings. The molecule has 38 heavy (non-hydrogen) atoms. The van der Waals surface area contributed by atoms with Gasteiger partial charge in [0.05, 0.1) is 29.4 Å². The van der Waals surface area contributed by atoms with Gasteiger partial charge in [-0.15, -0.1) is 0 Å². The van der Waals surface area contributed by atoms with E-state index in [-0.39, 0.29) is 37.6 Å². The van der Waals surface area contributed by atoms with E-state index < -0.39 is 17.9 Å². The quantitative estimate of drug-likeness (QED) is 0.138. The number of esters is 3. The number of hydrogen-bond donors (Lipinski definition) is 0. The van der Waals surface area contributed by atoms with E-state index in [1.807, 2.05) is 27.7 Å².